The number of carboxylic acids is 1. The third kappa shape index (κ3) is 3.54. The number of ether oxygens (including phenoxy) is 1. The first-order valence-corrected chi connectivity index (χ1v) is 4.66. The van der Waals surface area contributed by atoms with E-state index in [1.807, 2.05) is 0 Å². The first-order chi connectivity index (χ1) is 8.04. The Kier molecular flexibility index (Phi) is 4.12. The van der Waals surface area contributed by atoms with Crippen molar-refractivity contribution in [3.63, 3.8) is 0 Å². The summed E-state index contributed by atoms with van der Waals surface area (Å²) in [5.74, 6) is 3.13. The van der Waals surface area contributed by atoms with E-state index < -0.39 is 11.9 Å². The molecule has 0 radical (unpaired) electrons. The summed E-state index contributed by atoms with van der Waals surface area (Å²) >= 11 is 0. The minimum Gasteiger partial charge on any atom is -0.507 e. The minimum atomic E-state index is -1.21. The van der Waals surface area contributed by atoms with Crippen molar-refractivity contribution >= 4 is 11.9 Å². The number of methoxy groups -OCH3 is 1. The molecule has 0 saturated carbocycles. The molecule has 0 spiro atoms. The molecule has 0 aliphatic carbocycles. The van der Waals surface area contributed by atoms with E-state index in [1.165, 1.54) is 25.3 Å². The predicted octanol–water partition coefficient (Wildman–Crippen LogP) is 1.00. The van der Waals surface area contributed by atoms with Crippen LogP contribution in [-0.4, -0.2) is 29.3 Å². The van der Waals surface area contributed by atoms with Crippen molar-refractivity contribution in [2.24, 2.45) is 0 Å². The van der Waals surface area contributed by atoms with Gasteiger partial charge in [0.25, 0.3) is 0 Å². The molecule has 0 bridgehead atoms. The maximum atomic E-state index is 10.8. The summed E-state index contributed by atoms with van der Waals surface area (Å²) < 4.78 is 4.39. The van der Waals surface area contributed by atoms with Gasteiger partial charge in [0.2, 0.25) is 0 Å². The Hall–Kier alpha value is -2.48. The molecule has 5 heteroatoms. The standard InChI is InChI=1S/C12H10O5/c1-17-11(14)4-2-3-8-5-6-9(12(15)16)10(13)7-8/h5-7,13H,4H2,1H3,(H,15,16). The first kappa shape index (κ1) is 12.6. The van der Waals surface area contributed by atoms with Gasteiger partial charge in [0.05, 0.1) is 7.11 Å². The molecule has 0 fully saturated rings. The highest BCUT2D eigenvalue weighted by molar-refractivity contribution is 5.90. The van der Waals surface area contributed by atoms with Crippen LogP contribution in [0.4, 0.5) is 0 Å². The van der Waals surface area contributed by atoms with Crippen molar-refractivity contribution in [3.05, 3.63) is 29.3 Å². The van der Waals surface area contributed by atoms with Crippen LogP contribution in [0.1, 0.15) is 22.3 Å². The van der Waals surface area contributed by atoms with E-state index in [4.69, 9.17) is 5.11 Å². The van der Waals surface area contributed by atoms with Crippen molar-refractivity contribution < 1.29 is 24.5 Å². The van der Waals surface area contributed by atoms with E-state index in [-0.39, 0.29) is 17.7 Å². The summed E-state index contributed by atoms with van der Waals surface area (Å²) in [6, 6.07) is 3.93. The van der Waals surface area contributed by atoms with Gasteiger partial charge in [-0.2, -0.15) is 0 Å². The quantitative estimate of drug-likeness (QED) is 0.589. The normalized spacial score (nSPS) is 9.00. The number of phenols is 1. The van der Waals surface area contributed by atoms with Gasteiger partial charge in [0.1, 0.15) is 17.7 Å². The summed E-state index contributed by atoms with van der Waals surface area (Å²) in [6.07, 6.45) is -0.0576. The SMILES string of the molecule is COC(=O)CC#Cc1ccc(C(=O)O)c(O)c1. The largest absolute Gasteiger partial charge is 0.507 e. The Morgan fingerprint density at radius 1 is 1.41 bits per heavy atom. The maximum Gasteiger partial charge on any atom is 0.339 e. The number of carbonyl (C=O) groups is 2. The molecule has 0 aliphatic rings. The zero-order valence-electron chi connectivity index (χ0n) is 9.06. The van der Waals surface area contributed by atoms with Crippen LogP contribution in [-0.2, 0) is 9.53 Å². The summed E-state index contributed by atoms with van der Waals surface area (Å²) in [7, 11) is 1.26. The molecule has 0 saturated heterocycles. The van der Waals surface area contributed by atoms with Gasteiger partial charge in [0, 0.05) is 5.56 Å². The summed E-state index contributed by atoms with van der Waals surface area (Å²) in [4.78, 5) is 21.4. The summed E-state index contributed by atoms with van der Waals surface area (Å²) in [6.45, 7) is 0. The Bertz CT molecular complexity index is 507. The average Bonchev–Trinajstić information content (AvgIpc) is 2.28. The van der Waals surface area contributed by atoms with Crippen molar-refractivity contribution in [3.8, 4) is 17.6 Å². The molecule has 0 aromatic heterocycles. The molecule has 0 unspecified atom stereocenters. The molecule has 1 aromatic carbocycles. The lowest BCUT2D eigenvalue weighted by Crippen LogP contribution is -1.97. The molecule has 88 valence electrons. The molecule has 5 nitrogen and oxygen atoms in total. The van der Waals surface area contributed by atoms with E-state index in [0.717, 1.165) is 0 Å². The number of aromatic carboxylic acids is 1. The Labute approximate surface area is 97.6 Å². The lowest BCUT2D eigenvalue weighted by atomic mass is 10.1. The van der Waals surface area contributed by atoms with Crippen LogP contribution < -0.4 is 0 Å². The number of esters is 1. The number of benzene rings is 1. The van der Waals surface area contributed by atoms with Gasteiger partial charge >= 0.3 is 11.9 Å². The molecule has 17 heavy (non-hydrogen) atoms. The number of carboxylic acid groups (broad SMARTS) is 1. The van der Waals surface area contributed by atoms with Crippen molar-refractivity contribution in [1.29, 1.82) is 0 Å². The maximum absolute atomic E-state index is 10.8. The second-order valence-electron chi connectivity index (χ2n) is 3.09. The van der Waals surface area contributed by atoms with E-state index in [9.17, 15) is 14.7 Å². The van der Waals surface area contributed by atoms with Crippen molar-refractivity contribution in [2.45, 2.75) is 6.42 Å². The Balaban J connectivity index is 2.84. The Morgan fingerprint density at radius 2 is 2.12 bits per heavy atom. The number of aromatic hydroxyl groups is 1. The highest BCUT2D eigenvalue weighted by Crippen LogP contribution is 2.18. The third-order valence-corrected chi connectivity index (χ3v) is 1.92. The predicted molar refractivity (Wildman–Crippen MR) is 58.6 cm³/mol. The van der Waals surface area contributed by atoms with Crippen LogP contribution in [0.25, 0.3) is 0 Å². The zero-order chi connectivity index (χ0) is 12.8. The van der Waals surface area contributed by atoms with Gasteiger partial charge in [-0.25, -0.2) is 4.79 Å². The fraction of sp³-hybridized carbons (Fsp3) is 0.167. The minimum absolute atomic E-state index is 0.0576. The van der Waals surface area contributed by atoms with Crippen LogP contribution >= 0.6 is 0 Å². The number of hydrogen-bond acceptors (Lipinski definition) is 4. The smallest absolute Gasteiger partial charge is 0.339 e. The van der Waals surface area contributed by atoms with Crippen LogP contribution in [0.15, 0.2) is 18.2 Å². The molecular formula is C12H10O5. The lowest BCUT2D eigenvalue weighted by Gasteiger charge is -1.98. The molecular weight excluding hydrogens is 224 g/mol. The molecule has 1 aromatic rings. The molecule has 2 N–H and O–H groups in total. The van der Waals surface area contributed by atoms with E-state index >= 15 is 0 Å². The molecule has 0 atom stereocenters. The average molecular weight is 234 g/mol. The van der Waals surface area contributed by atoms with E-state index in [2.05, 4.69) is 16.6 Å². The topological polar surface area (TPSA) is 83.8 Å². The lowest BCUT2D eigenvalue weighted by molar-refractivity contribution is -0.139. The summed E-state index contributed by atoms with van der Waals surface area (Å²) in [5.41, 5.74) is 0.236. The number of hydrogen-bond donors (Lipinski definition) is 2. The number of rotatable bonds is 2. The zero-order valence-corrected chi connectivity index (χ0v) is 9.06. The van der Waals surface area contributed by atoms with Crippen LogP contribution in [0, 0.1) is 11.8 Å². The number of carbonyl (C=O) groups excluding carboxylic acids is 1. The van der Waals surface area contributed by atoms with Gasteiger partial charge in [-0.1, -0.05) is 11.8 Å². The molecule has 1 rings (SSSR count). The van der Waals surface area contributed by atoms with Crippen molar-refractivity contribution in [2.75, 3.05) is 7.11 Å². The third-order valence-electron chi connectivity index (χ3n) is 1.92. The highest BCUT2D eigenvalue weighted by Gasteiger charge is 2.08. The van der Waals surface area contributed by atoms with E-state index in [0.29, 0.717) is 5.56 Å². The highest BCUT2D eigenvalue weighted by atomic mass is 16.5. The van der Waals surface area contributed by atoms with Gasteiger partial charge in [0.15, 0.2) is 0 Å². The van der Waals surface area contributed by atoms with Crippen LogP contribution in [0.5, 0.6) is 5.75 Å². The monoisotopic (exact) mass is 234 g/mol. The fourth-order valence-corrected chi connectivity index (χ4v) is 1.08. The Morgan fingerprint density at radius 3 is 2.65 bits per heavy atom. The van der Waals surface area contributed by atoms with Crippen LogP contribution in [0.2, 0.25) is 0 Å². The van der Waals surface area contributed by atoms with Crippen molar-refractivity contribution in [1.82, 2.24) is 0 Å². The van der Waals surface area contributed by atoms with Gasteiger partial charge < -0.3 is 14.9 Å². The van der Waals surface area contributed by atoms with E-state index in [1.54, 1.807) is 0 Å². The van der Waals surface area contributed by atoms with Gasteiger partial charge in [-0.15, -0.1) is 0 Å². The van der Waals surface area contributed by atoms with Gasteiger partial charge in [-0.3, -0.25) is 4.79 Å². The molecule has 0 amide bonds. The van der Waals surface area contributed by atoms with Crippen LogP contribution in [0.3, 0.4) is 0 Å². The summed E-state index contributed by atoms with van der Waals surface area (Å²) in [5, 5.41) is 18.1. The van der Waals surface area contributed by atoms with Gasteiger partial charge in [-0.05, 0) is 18.2 Å². The second kappa shape index (κ2) is 5.56. The molecule has 0 heterocycles. The second-order valence-corrected chi connectivity index (χ2v) is 3.09. The fourth-order valence-electron chi connectivity index (χ4n) is 1.08. The first-order valence-electron chi connectivity index (χ1n) is 4.66. The molecule has 0 aliphatic heterocycles.